The molecule has 8 nitrogen and oxygen atoms in total. The molecule has 0 radical (unpaired) electrons. The van der Waals surface area contributed by atoms with E-state index in [-0.39, 0.29) is 30.5 Å². The Balaban J connectivity index is 1.60. The summed E-state index contributed by atoms with van der Waals surface area (Å²) in [6.07, 6.45) is 4.93. The standard InChI is InChI=1S/C26H27FN4O4/c27-18-1-3-19(4-2-18)31-20-13-17-14-28-30-24(17)29-22(20)21(23(31)16-7-11-35-12-8-16)15-5-9-26(34,10-6-15)25(32)33/h1-4,13-16,34H,5-12H2,(H,32,33)(H,28,29,30)/t15-,26+. The summed E-state index contributed by atoms with van der Waals surface area (Å²) in [6.45, 7) is 1.33. The van der Waals surface area contributed by atoms with Crippen LogP contribution in [-0.4, -0.2) is 54.7 Å². The Bertz CT molecular complexity index is 1400. The molecule has 3 N–H and O–H groups in total. The number of carbonyl (C=O) groups is 1. The Morgan fingerprint density at radius 3 is 2.51 bits per heavy atom. The first kappa shape index (κ1) is 22.2. The van der Waals surface area contributed by atoms with Crippen LogP contribution in [0.2, 0.25) is 0 Å². The van der Waals surface area contributed by atoms with Gasteiger partial charge in [-0.15, -0.1) is 0 Å². The van der Waals surface area contributed by atoms with Crippen LogP contribution in [0.1, 0.15) is 61.6 Å². The number of hydrogen-bond donors (Lipinski definition) is 3. The van der Waals surface area contributed by atoms with Gasteiger partial charge in [-0.1, -0.05) is 0 Å². The Labute approximate surface area is 200 Å². The monoisotopic (exact) mass is 478 g/mol. The maximum absolute atomic E-state index is 13.8. The number of halogens is 1. The molecule has 1 aliphatic carbocycles. The van der Waals surface area contributed by atoms with Crippen molar-refractivity contribution in [2.24, 2.45) is 0 Å². The highest BCUT2D eigenvalue weighted by atomic mass is 19.1. The number of fused-ring (bicyclic) bond motifs is 2. The number of aliphatic carboxylic acids is 1. The molecule has 4 aromatic rings. The van der Waals surface area contributed by atoms with Crippen molar-refractivity contribution in [1.29, 1.82) is 0 Å². The maximum Gasteiger partial charge on any atom is 0.335 e. The van der Waals surface area contributed by atoms with Crippen molar-refractivity contribution in [3.63, 3.8) is 0 Å². The van der Waals surface area contributed by atoms with E-state index in [2.05, 4.69) is 20.8 Å². The Hall–Kier alpha value is -3.30. The van der Waals surface area contributed by atoms with Gasteiger partial charge >= 0.3 is 5.97 Å². The number of nitrogens with one attached hydrogen (secondary N) is 1. The summed E-state index contributed by atoms with van der Waals surface area (Å²) >= 11 is 0. The molecule has 1 aliphatic heterocycles. The number of carboxylic acids is 1. The number of aliphatic hydroxyl groups is 1. The summed E-state index contributed by atoms with van der Waals surface area (Å²) in [5.74, 6) is -1.19. The fourth-order valence-electron chi connectivity index (χ4n) is 5.85. The van der Waals surface area contributed by atoms with E-state index in [1.807, 2.05) is 0 Å². The molecule has 9 heteroatoms. The van der Waals surface area contributed by atoms with Crippen molar-refractivity contribution < 1.29 is 24.1 Å². The molecule has 3 aromatic heterocycles. The van der Waals surface area contributed by atoms with Gasteiger partial charge in [0.15, 0.2) is 11.2 Å². The van der Waals surface area contributed by atoms with E-state index in [1.54, 1.807) is 18.3 Å². The van der Waals surface area contributed by atoms with Crippen LogP contribution in [0.5, 0.6) is 0 Å². The van der Waals surface area contributed by atoms with Gasteiger partial charge in [0.1, 0.15) is 5.82 Å². The van der Waals surface area contributed by atoms with E-state index >= 15 is 0 Å². The molecular weight excluding hydrogens is 451 g/mol. The molecule has 0 spiro atoms. The first-order chi connectivity index (χ1) is 16.9. The van der Waals surface area contributed by atoms with E-state index in [1.165, 1.54) is 12.1 Å². The number of aromatic nitrogens is 4. The molecule has 35 heavy (non-hydrogen) atoms. The summed E-state index contributed by atoms with van der Waals surface area (Å²) < 4.78 is 21.7. The first-order valence-electron chi connectivity index (χ1n) is 12.1. The number of H-pyrrole nitrogens is 1. The van der Waals surface area contributed by atoms with Crippen LogP contribution in [0.25, 0.3) is 27.8 Å². The van der Waals surface area contributed by atoms with Crippen LogP contribution in [0.4, 0.5) is 4.39 Å². The van der Waals surface area contributed by atoms with Gasteiger partial charge in [0, 0.05) is 41.5 Å². The van der Waals surface area contributed by atoms with Crippen LogP contribution in [0.3, 0.4) is 0 Å². The fourth-order valence-corrected chi connectivity index (χ4v) is 5.85. The van der Waals surface area contributed by atoms with Crippen molar-refractivity contribution in [3.05, 3.63) is 53.6 Å². The molecular formula is C26H27FN4O4. The van der Waals surface area contributed by atoms with E-state index in [4.69, 9.17) is 9.72 Å². The van der Waals surface area contributed by atoms with Crippen LogP contribution >= 0.6 is 0 Å². The van der Waals surface area contributed by atoms with Crippen LogP contribution in [-0.2, 0) is 9.53 Å². The normalized spacial score (nSPS) is 23.8. The summed E-state index contributed by atoms with van der Waals surface area (Å²) in [4.78, 5) is 16.6. The Kier molecular flexibility index (Phi) is 5.34. The van der Waals surface area contributed by atoms with Gasteiger partial charge in [0.2, 0.25) is 0 Å². The van der Waals surface area contributed by atoms with Crippen LogP contribution < -0.4 is 0 Å². The van der Waals surface area contributed by atoms with Gasteiger partial charge in [-0.3, -0.25) is 5.10 Å². The van der Waals surface area contributed by atoms with Gasteiger partial charge in [-0.25, -0.2) is 14.2 Å². The van der Waals surface area contributed by atoms with Crippen molar-refractivity contribution in [2.45, 2.75) is 56.0 Å². The van der Waals surface area contributed by atoms with Gasteiger partial charge in [0.05, 0.1) is 17.2 Å². The minimum absolute atomic E-state index is 0.0459. The quantitative estimate of drug-likeness (QED) is 0.401. The first-order valence-corrected chi connectivity index (χ1v) is 12.1. The lowest BCUT2D eigenvalue weighted by molar-refractivity contribution is -0.162. The van der Waals surface area contributed by atoms with E-state index in [9.17, 15) is 19.4 Å². The molecule has 6 rings (SSSR count). The smallest absolute Gasteiger partial charge is 0.335 e. The zero-order chi connectivity index (χ0) is 24.2. The largest absolute Gasteiger partial charge is 0.479 e. The zero-order valence-corrected chi connectivity index (χ0v) is 19.2. The van der Waals surface area contributed by atoms with E-state index < -0.39 is 11.6 Å². The summed E-state index contributed by atoms with van der Waals surface area (Å²) in [5.41, 5.74) is 3.85. The minimum Gasteiger partial charge on any atom is -0.479 e. The second kappa shape index (κ2) is 8.42. The van der Waals surface area contributed by atoms with Gasteiger partial charge < -0.3 is 19.5 Å². The number of carboxylic acid groups (broad SMARTS) is 1. The number of benzene rings is 1. The average molecular weight is 479 g/mol. The minimum atomic E-state index is -1.69. The SMILES string of the molecule is O=C(O)[C@]1(O)CC[C@@H](c2c(C3CCOCC3)n(-c3ccc(F)cc3)c3cc4cn[nH]c4nc32)CC1. The topological polar surface area (TPSA) is 113 Å². The van der Waals surface area contributed by atoms with Gasteiger partial charge in [0.25, 0.3) is 0 Å². The number of hydrogen-bond acceptors (Lipinski definition) is 5. The molecule has 4 heterocycles. The maximum atomic E-state index is 13.8. The molecule has 1 aromatic carbocycles. The molecule has 0 atom stereocenters. The van der Waals surface area contributed by atoms with Crippen molar-refractivity contribution >= 4 is 28.0 Å². The van der Waals surface area contributed by atoms with Crippen molar-refractivity contribution in [3.8, 4) is 5.69 Å². The Morgan fingerprint density at radius 1 is 1.11 bits per heavy atom. The molecule has 1 saturated carbocycles. The van der Waals surface area contributed by atoms with Crippen molar-refractivity contribution in [2.75, 3.05) is 13.2 Å². The number of pyridine rings is 1. The predicted molar refractivity (Wildman–Crippen MR) is 127 cm³/mol. The lowest BCUT2D eigenvalue weighted by atomic mass is 9.74. The third-order valence-electron chi connectivity index (χ3n) is 7.73. The summed E-state index contributed by atoms with van der Waals surface area (Å²) in [5, 5.41) is 28.1. The second-order valence-corrected chi connectivity index (χ2v) is 9.77. The average Bonchev–Trinajstić information content (AvgIpc) is 3.46. The number of rotatable bonds is 4. The van der Waals surface area contributed by atoms with E-state index in [0.717, 1.165) is 46.2 Å². The van der Waals surface area contributed by atoms with Crippen molar-refractivity contribution in [1.82, 2.24) is 19.7 Å². The molecule has 2 aliphatic rings. The van der Waals surface area contributed by atoms with Gasteiger partial charge in [-0.2, -0.15) is 5.10 Å². The van der Waals surface area contributed by atoms with Crippen LogP contribution in [0, 0.1) is 5.82 Å². The fraction of sp³-hybridized carbons (Fsp3) is 0.423. The summed E-state index contributed by atoms with van der Waals surface area (Å²) in [6, 6.07) is 8.56. The highest BCUT2D eigenvalue weighted by Crippen LogP contribution is 2.47. The van der Waals surface area contributed by atoms with Crippen LogP contribution in [0.15, 0.2) is 36.5 Å². The number of nitrogens with zero attached hydrogens (tertiary/aromatic N) is 3. The highest BCUT2D eigenvalue weighted by molar-refractivity contribution is 5.93. The highest BCUT2D eigenvalue weighted by Gasteiger charge is 2.42. The summed E-state index contributed by atoms with van der Waals surface area (Å²) in [7, 11) is 0. The zero-order valence-electron chi connectivity index (χ0n) is 19.2. The second-order valence-electron chi connectivity index (χ2n) is 9.77. The lowest BCUT2D eigenvalue weighted by Crippen LogP contribution is -2.41. The third-order valence-corrected chi connectivity index (χ3v) is 7.73. The molecule has 1 saturated heterocycles. The Morgan fingerprint density at radius 2 is 1.83 bits per heavy atom. The predicted octanol–water partition coefficient (Wildman–Crippen LogP) is 4.41. The number of ether oxygens (including phenoxy) is 1. The molecule has 0 unspecified atom stereocenters. The molecule has 182 valence electrons. The molecule has 2 fully saturated rings. The van der Waals surface area contributed by atoms with E-state index in [0.29, 0.717) is 31.7 Å². The number of aromatic amines is 1. The molecule has 0 bridgehead atoms. The molecule has 0 amide bonds. The van der Waals surface area contributed by atoms with Gasteiger partial charge in [-0.05, 0) is 74.8 Å². The third kappa shape index (κ3) is 3.70. The lowest BCUT2D eigenvalue weighted by Gasteiger charge is -2.34.